The van der Waals surface area contributed by atoms with Crippen molar-refractivity contribution in [3.05, 3.63) is 82.8 Å². The van der Waals surface area contributed by atoms with E-state index in [1.165, 1.54) is 18.2 Å². The van der Waals surface area contributed by atoms with Crippen LogP contribution in [0.25, 0.3) is 33.1 Å². The quantitative estimate of drug-likeness (QED) is 0.473. The monoisotopic (exact) mass is 290 g/mol. The molecule has 2 nitrogen and oxygen atoms in total. The Morgan fingerprint density at radius 1 is 0.864 bits per heavy atom. The van der Waals surface area contributed by atoms with Crippen LogP contribution in [-0.4, -0.2) is 0 Å². The molecule has 0 aliphatic carbocycles. The number of fused-ring (bicyclic) bond motifs is 3. The zero-order valence-electron chi connectivity index (χ0n) is 11.5. The molecule has 4 rings (SSSR count). The normalized spacial score (nSPS) is 11.1. The summed E-state index contributed by atoms with van der Waals surface area (Å²) in [4.78, 5) is 12.5. The van der Waals surface area contributed by atoms with E-state index in [1.54, 1.807) is 18.2 Å². The molecule has 0 spiro atoms. The summed E-state index contributed by atoms with van der Waals surface area (Å²) < 4.78 is 18.9. The van der Waals surface area contributed by atoms with Gasteiger partial charge < -0.3 is 4.42 Å². The smallest absolute Gasteiger partial charge is 0.193 e. The van der Waals surface area contributed by atoms with E-state index in [2.05, 4.69) is 0 Å². The largest absolute Gasteiger partial charge is 0.456 e. The molecule has 0 amide bonds. The lowest BCUT2D eigenvalue weighted by molar-refractivity contribution is 0.616. The average molecular weight is 290 g/mol. The maximum atomic E-state index is 13.0. The maximum Gasteiger partial charge on any atom is 0.193 e. The summed E-state index contributed by atoms with van der Waals surface area (Å²) in [6, 6.07) is 18.8. The van der Waals surface area contributed by atoms with Crippen molar-refractivity contribution in [2.24, 2.45) is 0 Å². The maximum absolute atomic E-state index is 13.0. The summed E-state index contributed by atoms with van der Waals surface area (Å²) in [5.74, 6) is 0.116. The van der Waals surface area contributed by atoms with Gasteiger partial charge in [0.1, 0.15) is 17.2 Å². The van der Waals surface area contributed by atoms with Crippen molar-refractivity contribution >= 4 is 21.7 Å². The summed E-state index contributed by atoms with van der Waals surface area (Å²) in [6.45, 7) is 0. The Morgan fingerprint density at radius 3 is 2.45 bits per heavy atom. The minimum absolute atomic E-state index is 0.0997. The molecule has 0 bridgehead atoms. The number of benzene rings is 3. The van der Waals surface area contributed by atoms with Gasteiger partial charge in [0, 0.05) is 11.6 Å². The highest BCUT2D eigenvalue weighted by Gasteiger charge is 2.10. The van der Waals surface area contributed by atoms with Gasteiger partial charge in [-0.2, -0.15) is 0 Å². The Morgan fingerprint density at radius 2 is 1.64 bits per heavy atom. The summed E-state index contributed by atoms with van der Waals surface area (Å²) in [5.41, 5.74) is 1.11. The lowest BCUT2D eigenvalue weighted by Gasteiger charge is -2.05. The first-order valence-electron chi connectivity index (χ1n) is 6.94. The molecule has 106 valence electrons. The van der Waals surface area contributed by atoms with Crippen LogP contribution in [0.5, 0.6) is 0 Å². The number of rotatable bonds is 1. The van der Waals surface area contributed by atoms with Crippen LogP contribution >= 0.6 is 0 Å². The molecular formula is C19H11FO2. The Bertz CT molecular complexity index is 1050. The Balaban J connectivity index is 2.03. The molecule has 0 saturated carbocycles. The second kappa shape index (κ2) is 4.81. The second-order valence-corrected chi connectivity index (χ2v) is 5.14. The van der Waals surface area contributed by atoms with Crippen LogP contribution in [0.2, 0.25) is 0 Å². The van der Waals surface area contributed by atoms with Crippen molar-refractivity contribution in [1.29, 1.82) is 0 Å². The molecule has 1 aromatic heterocycles. The fraction of sp³-hybridized carbons (Fsp3) is 0. The average Bonchev–Trinajstić information content (AvgIpc) is 2.55. The summed E-state index contributed by atoms with van der Waals surface area (Å²) in [6.07, 6.45) is 0. The molecule has 3 aromatic carbocycles. The zero-order chi connectivity index (χ0) is 15.1. The number of halogens is 1. The predicted molar refractivity (Wildman–Crippen MR) is 85.4 cm³/mol. The van der Waals surface area contributed by atoms with Gasteiger partial charge in [0.25, 0.3) is 0 Å². The highest BCUT2D eigenvalue weighted by atomic mass is 19.1. The third-order valence-electron chi connectivity index (χ3n) is 3.75. The fourth-order valence-corrected chi connectivity index (χ4v) is 2.69. The molecule has 0 fully saturated rings. The molecule has 0 aliphatic rings. The van der Waals surface area contributed by atoms with Gasteiger partial charge in [-0.15, -0.1) is 0 Å². The highest BCUT2D eigenvalue weighted by Crippen LogP contribution is 2.27. The second-order valence-electron chi connectivity index (χ2n) is 5.14. The van der Waals surface area contributed by atoms with Crippen LogP contribution in [0.15, 0.2) is 75.9 Å². The Kier molecular flexibility index (Phi) is 2.79. The van der Waals surface area contributed by atoms with E-state index in [-0.39, 0.29) is 11.2 Å². The lowest BCUT2D eigenvalue weighted by atomic mass is 10.0. The van der Waals surface area contributed by atoms with E-state index in [0.717, 1.165) is 10.8 Å². The SMILES string of the molecule is O=c1cc(-c2ccc(F)cc2)oc2ccc3ccccc3c12. The first-order valence-corrected chi connectivity index (χ1v) is 6.94. The molecule has 0 saturated heterocycles. The van der Waals surface area contributed by atoms with Crippen LogP contribution in [-0.2, 0) is 0 Å². The van der Waals surface area contributed by atoms with Crippen molar-refractivity contribution in [2.45, 2.75) is 0 Å². The van der Waals surface area contributed by atoms with E-state index >= 15 is 0 Å². The van der Waals surface area contributed by atoms with Crippen molar-refractivity contribution in [3.8, 4) is 11.3 Å². The lowest BCUT2D eigenvalue weighted by Crippen LogP contribution is -2.01. The van der Waals surface area contributed by atoms with Gasteiger partial charge in [-0.25, -0.2) is 4.39 Å². The number of hydrogen-bond acceptors (Lipinski definition) is 2. The fourth-order valence-electron chi connectivity index (χ4n) is 2.69. The molecule has 0 unspecified atom stereocenters. The molecule has 4 aromatic rings. The van der Waals surface area contributed by atoms with E-state index in [0.29, 0.717) is 22.3 Å². The molecule has 1 heterocycles. The summed E-state index contributed by atoms with van der Waals surface area (Å²) in [5, 5.41) is 2.44. The molecule has 22 heavy (non-hydrogen) atoms. The molecule has 3 heteroatoms. The van der Waals surface area contributed by atoms with Gasteiger partial charge in [-0.3, -0.25) is 4.79 Å². The van der Waals surface area contributed by atoms with Crippen LogP contribution in [0.1, 0.15) is 0 Å². The first kappa shape index (κ1) is 12.8. The van der Waals surface area contributed by atoms with E-state index < -0.39 is 0 Å². The van der Waals surface area contributed by atoms with Gasteiger partial charge in [0.05, 0.1) is 5.39 Å². The third kappa shape index (κ3) is 1.99. The van der Waals surface area contributed by atoms with Crippen molar-refractivity contribution in [1.82, 2.24) is 0 Å². The van der Waals surface area contributed by atoms with Crippen LogP contribution < -0.4 is 5.43 Å². The van der Waals surface area contributed by atoms with Gasteiger partial charge in [-0.05, 0) is 41.1 Å². The molecule has 0 aliphatic heterocycles. The summed E-state index contributed by atoms with van der Waals surface area (Å²) in [7, 11) is 0. The predicted octanol–water partition coefficient (Wildman–Crippen LogP) is 4.75. The van der Waals surface area contributed by atoms with Crippen molar-refractivity contribution < 1.29 is 8.81 Å². The standard InChI is InChI=1S/C19H11FO2/c20-14-8-5-13(6-9-14)18-11-16(21)19-15-4-2-1-3-12(15)7-10-17(19)22-18/h1-11H. The van der Waals surface area contributed by atoms with Gasteiger partial charge in [0.2, 0.25) is 0 Å². The zero-order valence-corrected chi connectivity index (χ0v) is 11.5. The number of hydrogen-bond donors (Lipinski definition) is 0. The van der Waals surface area contributed by atoms with E-state index in [4.69, 9.17) is 4.42 Å². The Hall–Kier alpha value is -2.94. The minimum Gasteiger partial charge on any atom is -0.456 e. The highest BCUT2D eigenvalue weighted by molar-refractivity contribution is 6.05. The third-order valence-corrected chi connectivity index (χ3v) is 3.75. The molecule has 0 radical (unpaired) electrons. The molecular weight excluding hydrogens is 279 g/mol. The van der Waals surface area contributed by atoms with Crippen molar-refractivity contribution in [2.75, 3.05) is 0 Å². The van der Waals surface area contributed by atoms with E-state index in [1.807, 2.05) is 30.3 Å². The van der Waals surface area contributed by atoms with Gasteiger partial charge in [-0.1, -0.05) is 30.3 Å². The summed E-state index contributed by atoms with van der Waals surface area (Å²) >= 11 is 0. The van der Waals surface area contributed by atoms with E-state index in [9.17, 15) is 9.18 Å². The molecule has 0 N–H and O–H groups in total. The van der Waals surface area contributed by atoms with Gasteiger partial charge in [0.15, 0.2) is 5.43 Å². The molecule has 0 atom stereocenters. The Labute approximate surface area is 125 Å². The van der Waals surface area contributed by atoms with Crippen LogP contribution in [0, 0.1) is 5.82 Å². The van der Waals surface area contributed by atoms with Crippen LogP contribution in [0.3, 0.4) is 0 Å². The van der Waals surface area contributed by atoms with Crippen LogP contribution in [0.4, 0.5) is 4.39 Å². The van der Waals surface area contributed by atoms with Gasteiger partial charge >= 0.3 is 0 Å². The topological polar surface area (TPSA) is 30.2 Å². The van der Waals surface area contributed by atoms with Crippen molar-refractivity contribution in [3.63, 3.8) is 0 Å². The first-order chi connectivity index (χ1) is 10.7. The minimum atomic E-state index is -0.321.